The number of nitriles is 1. The Morgan fingerprint density at radius 2 is 1.00 bits per heavy atom. The molecule has 0 spiro atoms. The van der Waals surface area contributed by atoms with Crippen molar-refractivity contribution in [1.29, 1.82) is 5.26 Å². The highest BCUT2D eigenvalue weighted by Crippen LogP contribution is 2.32. The van der Waals surface area contributed by atoms with Crippen molar-refractivity contribution in [2.75, 3.05) is 0 Å². The number of rotatable bonds is 4. The molecular formula is C34H20N4. The Hall–Kier alpha value is -5.58. The maximum absolute atomic E-state index is 9.20. The summed E-state index contributed by atoms with van der Waals surface area (Å²) in [7, 11) is 0. The fourth-order valence-electron chi connectivity index (χ4n) is 4.69. The summed E-state index contributed by atoms with van der Waals surface area (Å²) in [5.41, 5.74) is 8.99. The first-order valence-electron chi connectivity index (χ1n) is 12.2. The molecule has 0 bridgehead atoms. The fraction of sp³-hybridized carbons (Fsp3) is 0. The van der Waals surface area contributed by atoms with Crippen molar-refractivity contribution >= 4 is 16.6 Å². The number of pyridine rings is 2. The van der Waals surface area contributed by atoms with Crippen molar-refractivity contribution in [3.63, 3.8) is 0 Å². The van der Waals surface area contributed by atoms with Crippen LogP contribution in [0.5, 0.6) is 0 Å². The van der Waals surface area contributed by atoms with E-state index in [4.69, 9.17) is 6.57 Å². The van der Waals surface area contributed by atoms with Gasteiger partial charge in [-0.05, 0) is 104 Å². The number of aromatic nitrogens is 2. The first kappa shape index (κ1) is 22.9. The number of benzene rings is 4. The van der Waals surface area contributed by atoms with E-state index >= 15 is 0 Å². The number of nitrogens with zero attached hydrogens (tertiary/aromatic N) is 4. The highest BCUT2D eigenvalue weighted by Gasteiger charge is 2.07. The molecule has 0 aliphatic rings. The van der Waals surface area contributed by atoms with Crippen LogP contribution in [0.2, 0.25) is 0 Å². The molecule has 4 heteroatoms. The zero-order chi connectivity index (χ0) is 25.9. The number of fused-ring (bicyclic) bond motifs is 1. The van der Waals surface area contributed by atoms with Gasteiger partial charge in [-0.15, -0.1) is 4.98 Å². The van der Waals surface area contributed by atoms with Gasteiger partial charge in [0.1, 0.15) is 18.0 Å². The van der Waals surface area contributed by atoms with Crippen molar-refractivity contribution in [3.8, 4) is 50.6 Å². The Morgan fingerprint density at radius 3 is 1.53 bits per heavy atom. The van der Waals surface area contributed by atoms with Gasteiger partial charge in [-0.2, -0.15) is 5.26 Å². The van der Waals surface area contributed by atoms with E-state index in [1.165, 1.54) is 10.8 Å². The van der Waals surface area contributed by atoms with Crippen molar-refractivity contribution in [3.05, 3.63) is 139 Å². The number of hydrogen-bond donors (Lipinski definition) is 0. The van der Waals surface area contributed by atoms with Crippen LogP contribution in [0.4, 0.5) is 5.82 Å². The monoisotopic (exact) mass is 484 g/mol. The second-order valence-electron chi connectivity index (χ2n) is 8.99. The zero-order valence-electron chi connectivity index (χ0n) is 20.3. The van der Waals surface area contributed by atoms with Crippen LogP contribution in [0, 0.1) is 17.9 Å². The predicted molar refractivity (Wildman–Crippen MR) is 152 cm³/mol. The van der Waals surface area contributed by atoms with Gasteiger partial charge in [0, 0.05) is 6.20 Å². The lowest BCUT2D eigenvalue weighted by atomic mass is 9.95. The van der Waals surface area contributed by atoms with E-state index in [2.05, 4.69) is 93.7 Å². The van der Waals surface area contributed by atoms with Crippen molar-refractivity contribution in [2.45, 2.75) is 0 Å². The van der Waals surface area contributed by atoms with Crippen LogP contribution in [-0.2, 0) is 0 Å². The van der Waals surface area contributed by atoms with Crippen LogP contribution < -0.4 is 0 Å². The lowest BCUT2D eigenvalue weighted by Gasteiger charge is -2.10. The largest absolute Gasteiger partial charge is 0.361 e. The summed E-state index contributed by atoms with van der Waals surface area (Å²) >= 11 is 0. The van der Waals surface area contributed by atoms with E-state index in [0.717, 1.165) is 44.5 Å². The van der Waals surface area contributed by atoms with Crippen LogP contribution in [0.25, 0.3) is 60.1 Å². The van der Waals surface area contributed by atoms with Crippen molar-refractivity contribution in [1.82, 2.24) is 9.97 Å². The molecule has 6 aromatic rings. The summed E-state index contributed by atoms with van der Waals surface area (Å²) in [4.78, 5) is 11.6. The second kappa shape index (κ2) is 9.82. The molecule has 4 aromatic carbocycles. The zero-order valence-corrected chi connectivity index (χ0v) is 20.3. The predicted octanol–water partition coefficient (Wildman–Crippen LogP) is 8.72. The molecule has 0 unspecified atom stereocenters. The highest BCUT2D eigenvalue weighted by molar-refractivity contribution is 5.91. The maximum atomic E-state index is 9.20. The third-order valence-corrected chi connectivity index (χ3v) is 6.63. The molecule has 0 saturated heterocycles. The molecule has 0 saturated carbocycles. The summed E-state index contributed by atoms with van der Waals surface area (Å²) in [6.07, 6.45) is 3.35. The lowest BCUT2D eigenvalue weighted by Crippen LogP contribution is -1.86. The Morgan fingerprint density at radius 1 is 0.526 bits per heavy atom. The Kier molecular flexibility index (Phi) is 5.91. The quantitative estimate of drug-likeness (QED) is 0.235. The Balaban J connectivity index is 1.33. The molecule has 38 heavy (non-hydrogen) atoms. The molecule has 176 valence electrons. The van der Waals surface area contributed by atoms with Crippen LogP contribution in [-0.4, -0.2) is 9.97 Å². The van der Waals surface area contributed by atoms with Gasteiger partial charge in [-0.1, -0.05) is 67.2 Å². The summed E-state index contributed by atoms with van der Waals surface area (Å²) in [5.74, 6) is 0.396. The Bertz CT molecular complexity index is 1770. The minimum absolute atomic E-state index is 0.396. The van der Waals surface area contributed by atoms with Gasteiger partial charge < -0.3 is 4.85 Å². The lowest BCUT2D eigenvalue weighted by molar-refractivity contribution is 1.26. The fourth-order valence-corrected chi connectivity index (χ4v) is 4.69. The maximum Gasteiger partial charge on any atom is 0.270 e. The molecule has 0 atom stereocenters. The summed E-state index contributed by atoms with van der Waals surface area (Å²) < 4.78 is 0. The second-order valence-corrected chi connectivity index (χ2v) is 8.99. The Labute approximate surface area is 221 Å². The molecule has 0 aliphatic heterocycles. The van der Waals surface area contributed by atoms with E-state index in [9.17, 15) is 5.26 Å². The van der Waals surface area contributed by atoms with E-state index < -0.39 is 0 Å². The van der Waals surface area contributed by atoms with Crippen LogP contribution in [0.3, 0.4) is 0 Å². The van der Waals surface area contributed by atoms with Gasteiger partial charge in [-0.3, -0.25) is 0 Å². The first-order valence-corrected chi connectivity index (χ1v) is 12.2. The number of hydrogen-bond acceptors (Lipinski definition) is 3. The van der Waals surface area contributed by atoms with E-state index in [0.29, 0.717) is 11.5 Å². The average Bonchev–Trinajstić information content (AvgIpc) is 3.00. The minimum atomic E-state index is 0.396. The average molecular weight is 485 g/mol. The molecule has 0 amide bonds. The van der Waals surface area contributed by atoms with E-state index in [1.807, 2.05) is 36.4 Å². The summed E-state index contributed by atoms with van der Waals surface area (Å²) in [6, 6.07) is 39.4. The molecule has 0 aliphatic carbocycles. The summed E-state index contributed by atoms with van der Waals surface area (Å²) in [5, 5.41) is 11.5. The van der Waals surface area contributed by atoms with Crippen LogP contribution in [0.15, 0.2) is 122 Å². The molecule has 4 nitrogen and oxygen atoms in total. The molecule has 2 aromatic heterocycles. The molecular weight excluding hydrogens is 464 g/mol. The highest BCUT2D eigenvalue weighted by atomic mass is 14.8. The van der Waals surface area contributed by atoms with Gasteiger partial charge >= 0.3 is 0 Å². The molecule has 0 N–H and O–H groups in total. The molecule has 2 heterocycles. The van der Waals surface area contributed by atoms with Gasteiger partial charge in [0.05, 0.1) is 0 Å². The summed E-state index contributed by atoms with van der Waals surface area (Å²) in [6.45, 7) is 7.24. The third kappa shape index (κ3) is 4.51. The standard InChI is InChI=1S/C34H20N4/c1-36-34-21-32(13-15-38-34)26-7-3-5-24(17-26)28-9-11-29-18-27(8-10-30(29)19-28)23-4-2-6-25(16-23)31-12-14-37-33(20-31)22-35/h2-21H. The first-order chi connectivity index (χ1) is 18.7. The molecule has 0 fully saturated rings. The normalized spacial score (nSPS) is 10.6. The smallest absolute Gasteiger partial charge is 0.270 e. The van der Waals surface area contributed by atoms with Crippen molar-refractivity contribution in [2.24, 2.45) is 0 Å². The van der Waals surface area contributed by atoms with Crippen LogP contribution in [0.1, 0.15) is 5.69 Å². The van der Waals surface area contributed by atoms with Crippen LogP contribution >= 0.6 is 0 Å². The third-order valence-electron chi connectivity index (χ3n) is 6.63. The van der Waals surface area contributed by atoms with E-state index in [-0.39, 0.29) is 0 Å². The van der Waals surface area contributed by atoms with Gasteiger partial charge in [-0.25, -0.2) is 4.98 Å². The SMILES string of the molecule is [C-]#[N+]c1cc(-c2cccc(-c3ccc4cc(-c5cccc(-c6ccnc(C#N)c6)c5)ccc4c3)c2)ccn1. The van der Waals surface area contributed by atoms with E-state index in [1.54, 1.807) is 12.4 Å². The van der Waals surface area contributed by atoms with Gasteiger partial charge in [0.25, 0.3) is 5.82 Å². The van der Waals surface area contributed by atoms with Gasteiger partial charge in [0.15, 0.2) is 0 Å². The van der Waals surface area contributed by atoms with Gasteiger partial charge in [0.2, 0.25) is 0 Å². The van der Waals surface area contributed by atoms with Crippen molar-refractivity contribution < 1.29 is 0 Å². The minimum Gasteiger partial charge on any atom is -0.361 e. The topological polar surface area (TPSA) is 53.9 Å². The molecule has 0 radical (unpaired) electrons. The molecule has 6 rings (SSSR count).